The lowest BCUT2D eigenvalue weighted by Crippen LogP contribution is -2.11. The summed E-state index contributed by atoms with van der Waals surface area (Å²) in [5, 5.41) is 0. The van der Waals surface area contributed by atoms with Crippen LogP contribution in [0.2, 0.25) is 0 Å². The molecule has 18 heavy (non-hydrogen) atoms. The van der Waals surface area contributed by atoms with Gasteiger partial charge in [-0.05, 0) is 50.1 Å². The van der Waals surface area contributed by atoms with E-state index in [4.69, 9.17) is 4.74 Å². The van der Waals surface area contributed by atoms with Gasteiger partial charge in [0.1, 0.15) is 5.75 Å². The van der Waals surface area contributed by atoms with Crippen LogP contribution in [0.15, 0.2) is 45.6 Å². The van der Waals surface area contributed by atoms with Gasteiger partial charge >= 0.3 is 0 Å². The molecule has 0 amide bonds. The van der Waals surface area contributed by atoms with Crippen molar-refractivity contribution in [3.63, 3.8) is 0 Å². The summed E-state index contributed by atoms with van der Waals surface area (Å²) in [4.78, 5) is 11.9. The quantitative estimate of drug-likeness (QED) is 0.764. The Bertz CT molecular complexity index is 558. The maximum absolute atomic E-state index is 11.9. The van der Waals surface area contributed by atoms with Crippen LogP contribution in [0.4, 0.5) is 0 Å². The van der Waals surface area contributed by atoms with Crippen LogP contribution in [0.5, 0.6) is 5.75 Å². The molecule has 0 saturated heterocycles. The molecule has 5 heteroatoms. The summed E-state index contributed by atoms with van der Waals surface area (Å²) in [5.74, 6) is 0.597. The van der Waals surface area contributed by atoms with E-state index in [9.17, 15) is 4.79 Å². The van der Waals surface area contributed by atoms with Crippen LogP contribution in [0.3, 0.4) is 0 Å². The van der Waals surface area contributed by atoms with E-state index in [1.807, 2.05) is 36.0 Å². The monoisotopic (exact) mass is 371 g/mol. The van der Waals surface area contributed by atoms with Crippen molar-refractivity contribution in [2.75, 3.05) is 6.61 Å². The molecule has 0 radical (unpaired) electrons. The number of aromatic nitrogens is 1. The molecule has 0 atom stereocenters. The van der Waals surface area contributed by atoms with Crippen molar-refractivity contribution < 1.29 is 9.53 Å². The maximum atomic E-state index is 11.9. The molecule has 94 valence electrons. The highest BCUT2D eigenvalue weighted by molar-refractivity contribution is 9.11. The Labute approximate surface area is 122 Å². The van der Waals surface area contributed by atoms with Gasteiger partial charge in [0, 0.05) is 25.0 Å². The van der Waals surface area contributed by atoms with Crippen molar-refractivity contribution in [3.05, 3.63) is 51.2 Å². The molecular formula is C13H11Br2NO2. The summed E-state index contributed by atoms with van der Waals surface area (Å²) in [6.07, 6.45) is 3.61. The van der Waals surface area contributed by atoms with Gasteiger partial charge in [0.2, 0.25) is 5.78 Å². The van der Waals surface area contributed by atoms with Gasteiger partial charge in [-0.1, -0.05) is 6.07 Å². The van der Waals surface area contributed by atoms with Crippen molar-refractivity contribution in [2.24, 2.45) is 7.05 Å². The molecule has 0 spiro atoms. The first-order valence-corrected chi connectivity index (χ1v) is 6.88. The van der Waals surface area contributed by atoms with Crippen LogP contribution in [0.25, 0.3) is 0 Å². The van der Waals surface area contributed by atoms with Crippen LogP contribution in [0.1, 0.15) is 10.4 Å². The molecule has 0 aliphatic rings. The number of Topliss-reactive ketones (excluding diaryl/α,β-unsaturated/α-hetero) is 1. The van der Waals surface area contributed by atoms with Gasteiger partial charge in [-0.2, -0.15) is 0 Å². The number of carbonyl (C=O) groups is 1. The average molecular weight is 373 g/mol. The number of rotatable bonds is 4. The van der Waals surface area contributed by atoms with Crippen LogP contribution < -0.4 is 4.74 Å². The second-order valence-corrected chi connectivity index (χ2v) is 5.54. The van der Waals surface area contributed by atoms with Gasteiger partial charge in [0.25, 0.3) is 0 Å². The summed E-state index contributed by atoms with van der Waals surface area (Å²) < 4.78 is 9.01. The minimum absolute atomic E-state index is 0.0191. The molecule has 0 N–H and O–H groups in total. The molecular weight excluding hydrogens is 362 g/mol. The number of ether oxygens (including phenoxy) is 1. The predicted molar refractivity (Wildman–Crippen MR) is 77.1 cm³/mol. The molecule has 1 aromatic heterocycles. The topological polar surface area (TPSA) is 31.2 Å². The third-order valence-electron chi connectivity index (χ3n) is 2.42. The van der Waals surface area contributed by atoms with Gasteiger partial charge in [-0.25, -0.2) is 0 Å². The number of carbonyl (C=O) groups excluding carboxylic acids is 1. The predicted octanol–water partition coefficient (Wildman–Crippen LogP) is 3.81. The Morgan fingerprint density at radius 1 is 1.28 bits per heavy atom. The number of hydrogen-bond acceptors (Lipinski definition) is 2. The van der Waals surface area contributed by atoms with Crippen LogP contribution >= 0.6 is 31.9 Å². The minimum Gasteiger partial charge on any atom is -0.483 e. The minimum atomic E-state index is -0.0433. The Kier molecular flexibility index (Phi) is 4.24. The van der Waals surface area contributed by atoms with E-state index in [0.717, 1.165) is 8.95 Å². The lowest BCUT2D eigenvalue weighted by Gasteiger charge is -2.08. The Hall–Kier alpha value is -1.07. The molecule has 2 rings (SSSR count). The maximum Gasteiger partial charge on any atom is 0.201 e. The fourth-order valence-electron chi connectivity index (χ4n) is 1.51. The Morgan fingerprint density at radius 3 is 2.50 bits per heavy atom. The SMILES string of the molecule is Cn1ccc(C(=O)COc2c(Br)cccc2Br)c1. The van der Waals surface area contributed by atoms with E-state index < -0.39 is 0 Å². The van der Waals surface area contributed by atoms with Crippen LogP contribution in [-0.2, 0) is 7.05 Å². The van der Waals surface area contributed by atoms with E-state index in [-0.39, 0.29) is 12.4 Å². The first-order valence-electron chi connectivity index (χ1n) is 5.30. The highest BCUT2D eigenvalue weighted by Crippen LogP contribution is 2.32. The fraction of sp³-hybridized carbons (Fsp3) is 0.154. The van der Waals surface area contributed by atoms with Crippen molar-refractivity contribution in [3.8, 4) is 5.75 Å². The standard InChI is InChI=1S/C13H11Br2NO2/c1-16-6-5-9(7-16)12(17)8-18-13-10(14)3-2-4-11(13)15/h2-7H,8H2,1H3. The Balaban J connectivity index is 2.06. The number of ketones is 1. The molecule has 1 heterocycles. The molecule has 0 bridgehead atoms. The molecule has 0 aliphatic carbocycles. The number of benzene rings is 1. The third-order valence-corrected chi connectivity index (χ3v) is 3.67. The summed E-state index contributed by atoms with van der Waals surface area (Å²) in [6.45, 7) is 0.0191. The van der Waals surface area contributed by atoms with Gasteiger partial charge in [-0.15, -0.1) is 0 Å². The molecule has 2 aromatic rings. The van der Waals surface area contributed by atoms with E-state index in [2.05, 4.69) is 31.9 Å². The summed E-state index contributed by atoms with van der Waals surface area (Å²) in [6, 6.07) is 7.40. The van der Waals surface area contributed by atoms with Crippen molar-refractivity contribution in [1.29, 1.82) is 0 Å². The van der Waals surface area contributed by atoms with E-state index >= 15 is 0 Å². The second kappa shape index (κ2) is 5.71. The van der Waals surface area contributed by atoms with E-state index in [1.165, 1.54) is 0 Å². The molecule has 0 saturated carbocycles. The number of para-hydroxylation sites is 1. The molecule has 0 aliphatic heterocycles. The number of nitrogens with zero attached hydrogens (tertiary/aromatic N) is 1. The number of hydrogen-bond donors (Lipinski definition) is 0. The van der Waals surface area contributed by atoms with E-state index in [0.29, 0.717) is 11.3 Å². The zero-order valence-corrected chi connectivity index (χ0v) is 12.9. The van der Waals surface area contributed by atoms with Gasteiger partial charge in [-0.3, -0.25) is 4.79 Å². The van der Waals surface area contributed by atoms with Gasteiger partial charge < -0.3 is 9.30 Å². The van der Waals surface area contributed by atoms with Gasteiger partial charge in [0.05, 0.1) is 8.95 Å². The molecule has 0 fully saturated rings. The second-order valence-electron chi connectivity index (χ2n) is 3.83. The van der Waals surface area contributed by atoms with Crippen molar-refractivity contribution in [2.45, 2.75) is 0 Å². The Morgan fingerprint density at radius 2 is 1.94 bits per heavy atom. The summed E-state index contributed by atoms with van der Waals surface area (Å²) >= 11 is 6.77. The zero-order chi connectivity index (χ0) is 13.1. The lowest BCUT2D eigenvalue weighted by molar-refractivity contribution is 0.0920. The van der Waals surface area contributed by atoms with E-state index in [1.54, 1.807) is 12.3 Å². The highest BCUT2D eigenvalue weighted by Gasteiger charge is 2.11. The zero-order valence-electron chi connectivity index (χ0n) is 9.69. The fourth-order valence-corrected chi connectivity index (χ4v) is 2.74. The normalized spacial score (nSPS) is 10.4. The molecule has 0 unspecified atom stereocenters. The highest BCUT2D eigenvalue weighted by atomic mass is 79.9. The first kappa shape index (κ1) is 13.4. The van der Waals surface area contributed by atoms with Crippen LogP contribution in [0, 0.1) is 0 Å². The number of halogens is 2. The largest absolute Gasteiger partial charge is 0.483 e. The lowest BCUT2D eigenvalue weighted by atomic mass is 10.2. The summed E-state index contributed by atoms with van der Waals surface area (Å²) in [7, 11) is 1.88. The van der Waals surface area contributed by atoms with Gasteiger partial charge in [0.15, 0.2) is 6.61 Å². The number of aryl methyl sites for hydroxylation is 1. The molecule has 3 nitrogen and oxygen atoms in total. The average Bonchev–Trinajstić information content (AvgIpc) is 2.75. The van der Waals surface area contributed by atoms with Crippen LogP contribution in [-0.4, -0.2) is 17.0 Å². The third kappa shape index (κ3) is 3.03. The first-order chi connectivity index (χ1) is 8.58. The van der Waals surface area contributed by atoms with Crippen molar-refractivity contribution in [1.82, 2.24) is 4.57 Å². The van der Waals surface area contributed by atoms with Crippen molar-refractivity contribution >= 4 is 37.6 Å². The smallest absolute Gasteiger partial charge is 0.201 e. The molecule has 1 aromatic carbocycles. The summed E-state index contributed by atoms with van der Waals surface area (Å²) in [5.41, 5.74) is 0.653.